The summed E-state index contributed by atoms with van der Waals surface area (Å²) in [6.45, 7) is 8.18. The predicted molar refractivity (Wildman–Crippen MR) is 65.7 cm³/mol. The predicted octanol–water partition coefficient (Wildman–Crippen LogP) is 1.63. The van der Waals surface area contributed by atoms with E-state index in [1.54, 1.807) is 13.8 Å². The van der Waals surface area contributed by atoms with E-state index >= 15 is 0 Å². The van der Waals surface area contributed by atoms with Gasteiger partial charge in [0.2, 0.25) is 0 Å². The van der Waals surface area contributed by atoms with E-state index in [0.717, 1.165) is 25.9 Å². The Labute approximate surface area is 103 Å². The van der Waals surface area contributed by atoms with E-state index in [-0.39, 0.29) is 11.8 Å². The minimum absolute atomic E-state index is 0.0173. The van der Waals surface area contributed by atoms with E-state index in [9.17, 15) is 9.59 Å². The van der Waals surface area contributed by atoms with Crippen molar-refractivity contribution in [3.05, 3.63) is 0 Å². The van der Waals surface area contributed by atoms with Crippen molar-refractivity contribution in [1.29, 1.82) is 0 Å². The van der Waals surface area contributed by atoms with Crippen LogP contribution in [0, 0.1) is 5.41 Å². The Morgan fingerprint density at radius 1 is 1.47 bits per heavy atom. The summed E-state index contributed by atoms with van der Waals surface area (Å²) < 4.78 is 5.02. The van der Waals surface area contributed by atoms with Crippen LogP contribution in [0.1, 0.15) is 40.0 Å². The zero-order valence-electron chi connectivity index (χ0n) is 11.1. The Hall–Kier alpha value is -0.900. The number of hydrogen-bond acceptors (Lipinski definition) is 4. The second kappa shape index (κ2) is 6.15. The molecule has 1 saturated heterocycles. The summed E-state index contributed by atoms with van der Waals surface area (Å²) in [6, 6.07) is 0. The lowest BCUT2D eigenvalue weighted by atomic mass is 9.80. The summed E-state index contributed by atoms with van der Waals surface area (Å²) in [5.41, 5.74) is -0.956. The molecule has 0 aromatic rings. The summed E-state index contributed by atoms with van der Waals surface area (Å²) in [7, 11) is 0. The molecule has 0 bridgehead atoms. The maximum Gasteiger partial charge on any atom is 0.320 e. The van der Waals surface area contributed by atoms with E-state index < -0.39 is 5.41 Å². The maximum absolute atomic E-state index is 11.9. The van der Waals surface area contributed by atoms with Crippen LogP contribution in [-0.4, -0.2) is 42.9 Å². The molecule has 0 spiro atoms. The van der Waals surface area contributed by atoms with Gasteiger partial charge >= 0.3 is 5.97 Å². The lowest BCUT2D eigenvalue weighted by molar-refractivity contribution is -0.162. The average Bonchev–Trinajstić information content (AvgIpc) is 2.31. The first-order valence-corrected chi connectivity index (χ1v) is 6.47. The third-order valence-corrected chi connectivity index (χ3v) is 3.36. The molecular formula is C13H23NO3. The fourth-order valence-corrected chi connectivity index (χ4v) is 2.19. The highest BCUT2D eigenvalue weighted by Gasteiger charge is 2.45. The van der Waals surface area contributed by atoms with E-state index in [1.165, 1.54) is 0 Å². The quantitative estimate of drug-likeness (QED) is 0.542. The molecule has 4 nitrogen and oxygen atoms in total. The molecule has 0 aliphatic carbocycles. The first-order valence-electron chi connectivity index (χ1n) is 6.47. The number of rotatable bonds is 5. The Kier molecular flexibility index (Phi) is 5.12. The topological polar surface area (TPSA) is 46.6 Å². The number of Topliss-reactive ketones (excluding diaryl/α,β-unsaturated/α-hetero) is 1. The van der Waals surface area contributed by atoms with Crippen LogP contribution in [-0.2, 0) is 14.3 Å². The number of unbranched alkanes of at least 4 members (excludes halogenated alkanes) is 1. The standard InChI is InChI=1S/C13H23NO3/c1-4-6-8-14-9-7-11(15)13(3,10-14)12(16)17-5-2/h4-10H2,1-3H3/t13-/m0/s1. The van der Waals surface area contributed by atoms with E-state index in [2.05, 4.69) is 11.8 Å². The highest BCUT2D eigenvalue weighted by molar-refractivity contribution is 6.04. The smallest absolute Gasteiger partial charge is 0.320 e. The minimum atomic E-state index is -0.956. The summed E-state index contributed by atoms with van der Waals surface area (Å²) in [4.78, 5) is 26.0. The molecule has 1 rings (SSSR count). The third kappa shape index (κ3) is 3.28. The van der Waals surface area contributed by atoms with Crippen LogP contribution >= 0.6 is 0 Å². The van der Waals surface area contributed by atoms with Crippen molar-refractivity contribution in [2.45, 2.75) is 40.0 Å². The Bertz CT molecular complexity index is 290. The molecule has 0 N–H and O–H groups in total. The van der Waals surface area contributed by atoms with Gasteiger partial charge in [-0.25, -0.2) is 0 Å². The monoisotopic (exact) mass is 241 g/mol. The molecule has 1 atom stereocenters. The number of carbonyl (C=O) groups is 2. The van der Waals surface area contributed by atoms with Crippen LogP contribution in [0.15, 0.2) is 0 Å². The SMILES string of the molecule is CCCCN1CCC(=O)[C@@](C)(C(=O)OCC)C1. The number of esters is 1. The van der Waals surface area contributed by atoms with Crippen molar-refractivity contribution in [3.8, 4) is 0 Å². The van der Waals surface area contributed by atoms with Gasteiger partial charge in [-0.3, -0.25) is 9.59 Å². The zero-order valence-corrected chi connectivity index (χ0v) is 11.1. The second-order valence-corrected chi connectivity index (χ2v) is 4.86. The molecule has 1 fully saturated rings. The molecule has 0 saturated carbocycles. The summed E-state index contributed by atoms with van der Waals surface area (Å²) in [5.74, 6) is -0.352. The molecule has 98 valence electrons. The van der Waals surface area contributed by atoms with Crippen molar-refractivity contribution in [2.24, 2.45) is 5.41 Å². The van der Waals surface area contributed by atoms with Crippen LogP contribution < -0.4 is 0 Å². The highest BCUT2D eigenvalue weighted by atomic mass is 16.5. The number of ether oxygens (including phenoxy) is 1. The van der Waals surface area contributed by atoms with Gasteiger partial charge in [0.25, 0.3) is 0 Å². The van der Waals surface area contributed by atoms with Crippen LogP contribution in [0.3, 0.4) is 0 Å². The van der Waals surface area contributed by atoms with Crippen molar-refractivity contribution in [2.75, 3.05) is 26.2 Å². The highest BCUT2D eigenvalue weighted by Crippen LogP contribution is 2.28. The Balaban J connectivity index is 2.67. The van der Waals surface area contributed by atoms with Gasteiger partial charge in [0.05, 0.1) is 6.61 Å². The number of ketones is 1. The van der Waals surface area contributed by atoms with Gasteiger partial charge in [-0.2, -0.15) is 0 Å². The van der Waals surface area contributed by atoms with Crippen LogP contribution in [0.4, 0.5) is 0 Å². The Morgan fingerprint density at radius 2 is 2.18 bits per heavy atom. The molecule has 17 heavy (non-hydrogen) atoms. The van der Waals surface area contributed by atoms with Gasteiger partial charge in [-0.05, 0) is 26.8 Å². The molecule has 1 aliphatic rings. The van der Waals surface area contributed by atoms with Gasteiger partial charge in [-0.1, -0.05) is 13.3 Å². The van der Waals surface area contributed by atoms with Gasteiger partial charge in [0, 0.05) is 19.5 Å². The molecular weight excluding hydrogens is 218 g/mol. The second-order valence-electron chi connectivity index (χ2n) is 4.86. The van der Waals surface area contributed by atoms with E-state index in [1.807, 2.05) is 0 Å². The number of carbonyl (C=O) groups excluding carboxylic acids is 2. The van der Waals surface area contributed by atoms with Gasteiger partial charge in [0.15, 0.2) is 5.78 Å². The van der Waals surface area contributed by atoms with Gasteiger partial charge in [0.1, 0.15) is 5.41 Å². The Morgan fingerprint density at radius 3 is 2.76 bits per heavy atom. The molecule has 4 heteroatoms. The number of piperidine rings is 1. The number of nitrogens with zero attached hydrogens (tertiary/aromatic N) is 1. The molecule has 1 heterocycles. The fourth-order valence-electron chi connectivity index (χ4n) is 2.19. The van der Waals surface area contributed by atoms with E-state index in [0.29, 0.717) is 19.6 Å². The lowest BCUT2D eigenvalue weighted by Gasteiger charge is -2.37. The number of hydrogen-bond donors (Lipinski definition) is 0. The van der Waals surface area contributed by atoms with Crippen molar-refractivity contribution in [3.63, 3.8) is 0 Å². The molecule has 1 aliphatic heterocycles. The lowest BCUT2D eigenvalue weighted by Crippen LogP contribution is -2.52. The fraction of sp³-hybridized carbons (Fsp3) is 0.846. The van der Waals surface area contributed by atoms with Crippen LogP contribution in [0.25, 0.3) is 0 Å². The van der Waals surface area contributed by atoms with Crippen molar-refractivity contribution in [1.82, 2.24) is 4.90 Å². The largest absolute Gasteiger partial charge is 0.465 e. The van der Waals surface area contributed by atoms with Gasteiger partial charge < -0.3 is 9.64 Å². The summed E-state index contributed by atoms with van der Waals surface area (Å²) >= 11 is 0. The average molecular weight is 241 g/mol. The van der Waals surface area contributed by atoms with Crippen LogP contribution in [0.2, 0.25) is 0 Å². The first kappa shape index (κ1) is 14.2. The summed E-state index contributed by atoms with van der Waals surface area (Å²) in [5, 5.41) is 0. The van der Waals surface area contributed by atoms with Gasteiger partial charge in [-0.15, -0.1) is 0 Å². The van der Waals surface area contributed by atoms with Crippen molar-refractivity contribution < 1.29 is 14.3 Å². The first-order chi connectivity index (χ1) is 8.04. The maximum atomic E-state index is 11.9. The summed E-state index contributed by atoms with van der Waals surface area (Å²) in [6.07, 6.45) is 2.69. The van der Waals surface area contributed by atoms with Crippen LogP contribution in [0.5, 0.6) is 0 Å². The molecule has 0 aromatic carbocycles. The molecule has 0 radical (unpaired) electrons. The minimum Gasteiger partial charge on any atom is -0.465 e. The number of likely N-dealkylation sites (tertiary alicyclic amines) is 1. The molecule has 0 aromatic heterocycles. The third-order valence-electron chi connectivity index (χ3n) is 3.36. The van der Waals surface area contributed by atoms with E-state index in [4.69, 9.17) is 4.74 Å². The molecule has 0 unspecified atom stereocenters. The molecule has 0 amide bonds. The zero-order chi connectivity index (χ0) is 12.9. The van der Waals surface area contributed by atoms with Crippen molar-refractivity contribution >= 4 is 11.8 Å². The normalized spacial score (nSPS) is 25.9.